The van der Waals surface area contributed by atoms with Gasteiger partial charge in [-0.25, -0.2) is 0 Å². The van der Waals surface area contributed by atoms with E-state index in [9.17, 15) is 0 Å². The van der Waals surface area contributed by atoms with Gasteiger partial charge in [-0.2, -0.15) is 0 Å². The third kappa shape index (κ3) is 23.3. The van der Waals surface area contributed by atoms with E-state index in [1.165, 1.54) is 0 Å². The van der Waals surface area contributed by atoms with Crippen molar-refractivity contribution in [3.05, 3.63) is 542 Å². The van der Waals surface area contributed by atoms with Crippen LogP contribution < -0.4 is 17.7 Å². The first-order chi connectivity index (χ1) is 61.5. The summed E-state index contributed by atoms with van der Waals surface area (Å²) in [7, 11) is -12.7. The molecule has 16 heteroatoms. The van der Waals surface area contributed by atoms with Crippen LogP contribution in [0.4, 0.5) is 0 Å². The lowest BCUT2D eigenvalue weighted by atomic mass is 9.73. The highest BCUT2D eigenvalue weighted by Crippen LogP contribution is 2.54. The predicted molar refractivity (Wildman–Crippen MR) is 537 cm³/mol. The zero-order chi connectivity index (χ0) is 86.7. The molecule has 4 nitrogen and oxygen atoms in total. The van der Waals surface area contributed by atoms with Crippen LogP contribution in [-0.2, 0) is 72.5 Å². The van der Waals surface area contributed by atoms with Crippen molar-refractivity contribution in [1.82, 2.24) is 0 Å². The average molecular weight is 1880 g/mol. The Morgan fingerprint density at radius 2 is 0.246 bits per heavy atom. The molecule has 0 amide bonds. The monoisotopic (exact) mass is 1870 g/mol. The van der Waals surface area contributed by atoms with Crippen LogP contribution in [0.2, 0.25) is 40.2 Å². The molecule has 126 heavy (non-hydrogen) atoms. The maximum Gasteiger partial charge on any atom is 0.264 e. The minimum absolute atomic E-state index is 0.288. The Hall–Kier alpha value is -10.1. The maximum absolute atomic E-state index is 8.19. The van der Waals surface area contributed by atoms with Crippen molar-refractivity contribution in [2.24, 2.45) is 0 Å². The predicted octanol–water partition coefficient (Wildman–Crippen LogP) is 30.6. The second-order valence-corrected chi connectivity index (χ2v) is 51.1. The zero-order valence-electron chi connectivity index (χ0n) is 69.6. The molecule has 0 aliphatic carbocycles. The lowest BCUT2D eigenvalue weighted by molar-refractivity contribution is 0.522. The molecule has 0 saturated heterocycles. The highest BCUT2D eigenvalue weighted by molar-refractivity contribution is 6.75. The van der Waals surface area contributed by atoms with Crippen LogP contribution in [0.15, 0.2) is 413 Å². The summed E-state index contributed by atoms with van der Waals surface area (Å²) in [6.07, 6.45) is 0. The van der Waals surface area contributed by atoms with Gasteiger partial charge in [0, 0.05) is 84.4 Å². The van der Waals surface area contributed by atoms with Crippen LogP contribution in [0.25, 0.3) is 0 Å². The highest BCUT2D eigenvalue weighted by Gasteiger charge is 2.46. The maximum atomic E-state index is 8.19. The molecule has 0 heterocycles. The molecule has 0 unspecified atom stereocenters. The fraction of sp³-hybridized carbons (Fsp3) is 0.127. The van der Waals surface area contributed by atoms with E-state index in [1.54, 1.807) is 0 Å². The summed E-state index contributed by atoms with van der Waals surface area (Å²) in [6.45, 7) is 0. The normalized spacial score (nSPS) is 11.9. The number of hydrogen-bond acceptors (Lipinski definition) is 4. The Balaban J connectivity index is 0.924. The summed E-state index contributed by atoms with van der Waals surface area (Å²) in [5, 5.41) is 2.30. The Bertz CT molecular complexity index is 4960. The van der Waals surface area contributed by atoms with Gasteiger partial charge in [-0.15, -0.1) is 0 Å². The molecule has 0 aromatic heterocycles. The van der Waals surface area contributed by atoms with Crippen molar-refractivity contribution >= 4 is 126 Å². The van der Waals surface area contributed by atoms with E-state index in [-0.39, 0.29) is 40.2 Å². The van der Waals surface area contributed by atoms with Crippen LogP contribution in [0.1, 0.15) is 101 Å². The summed E-state index contributed by atoms with van der Waals surface area (Å²) in [5.74, 6) is -0.251. The van der Waals surface area contributed by atoms with Gasteiger partial charge in [0.1, 0.15) is 23.0 Å². The van der Waals surface area contributed by atoms with Gasteiger partial charge >= 0.3 is 0 Å². The molecule has 630 valence electrons. The van der Waals surface area contributed by atoms with E-state index in [0.717, 1.165) is 66.8 Å². The molecule has 0 spiro atoms. The van der Waals surface area contributed by atoms with Gasteiger partial charge in [-0.1, -0.05) is 457 Å². The van der Waals surface area contributed by atoms with Crippen molar-refractivity contribution in [3.63, 3.8) is 0 Å². The second kappa shape index (κ2) is 42.2. The van der Waals surface area contributed by atoms with Gasteiger partial charge in [0.25, 0.3) is 33.3 Å². The number of hydrogen-bond donors (Lipinski definition) is 0. The largest absolute Gasteiger partial charge is 0.540 e. The van der Waals surface area contributed by atoms with E-state index in [1.807, 2.05) is 121 Å². The Kier molecular flexibility index (Phi) is 29.9. The van der Waals surface area contributed by atoms with Gasteiger partial charge < -0.3 is 17.7 Å². The van der Waals surface area contributed by atoms with Gasteiger partial charge in [0.15, 0.2) is 0 Å². The zero-order valence-corrected chi connectivity index (χ0v) is 79.6. The first-order valence-electron chi connectivity index (χ1n) is 42.7. The fourth-order valence-electron chi connectivity index (χ4n) is 18.2. The first-order valence-corrected chi connectivity index (χ1v) is 55.8. The van der Waals surface area contributed by atoms with Gasteiger partial charge in [-0.05, 0) is 138 Å². The molecule has 0 bridgehead atoms. The molecule has 16 aromatic carbocycles. The van der Waals surface area contributed by atoms with E-state index < -0.39 is 45.1 Å². The van der Waals surface area contributed by atoms with E-state index in [4.69, 9.17) is 111 Å². The van der Waals surface area contributed by atoms with E-state index >= 15 is 0 Å². The van der Waals surface area contributed by atoms with Crippen LogP contribution in [0.5, 0.6) is 23.0 Å². The molecular weight excluding hydrogens is 1780 g/mol. The van der Waals surface area contributed by atoms with Crippen molar-refractivity contribution in [2.45, 2.75) is 84.4 Å². The molecule has 0 aliphatic heterocycles. The summed E-state index contributed by atoms with van der Waals surface area (Å²) >= 11 is 65.5. The van der Waals surface area contributed by atoms with Gasteiger partial charge in [0.2, 0.25) is 0 Å². The third-order valence-electron chi connectivity index (χ3n) is 23.6. The molecule has 0 atom stereocenters. The van der Waals surface area contributed by atoms with E-state index in [2.05, 4.69) is 291 Å². The van der Waals surface area contributed by atoms with Crippen molar-refractivity contribution in [1.29, 1.82) is 0 Å². The Labute approximate surface area is 785 Å². The van der Waals surface area contributed by atoms with Crippen LogP contribution in [-0.4, -0.2) is 33.3 Å². The summed E-state index contributed by atoms with van der Waals surface area (Å²) in [6, 6.07) is 150. The summed E-state index contributed by atoms with van der Waals surface area (Å²) < 4.78 is 31.6. The van der Waals surface area contributed by atoms with Crippen molar-refractivity contribution in [2.75, 3.05) is 0 Å². The lowest BCUT2D eigenvalue weighted by Crippen LogP contribution is -2.50. The van der Waals surface area contributed by atoms with Crippen LogP contribution in [0.3, 0.4) is 0 Å². The molecule has 0 radical (unpaired) electrons. The van der Waals surface area contributed by atoms with Crippen molar-refractivity contribution in [3.8, 4) is 23.0 Å². The van der Waals surface area contributed by atoms with Crippen LogP contribution >= 0.6 is 92.8 Å². The molecule has 16 rings (SSSR count). The highest BCUT2D eigenvalue weighted by atomic mass is 35.5. The lowest BCUT2D eigenvalue weighted by Gasteiger charge is -2.36. The molecule has 16 aromatic rings. The summed E-state index contributed by atoms with van der Waals surface area (Å²) in [4.78, 5) is 0. The molecular formula is C110H94Cl8O4Si4. The molecule has 0 saturated carbocycles. The van der Waals surface area contributed by atoms with Gasteiger partial charge in [0.05, 0.1) is 40.2 Å². The minimum atomic E-state index is -3.17. The second-order valence-electron chi connectivity index (χ2n) is 33.3. The molecule has 0 fully saturated rings. The fourth-order valence-corrected chi connectivity index (χ4v) is 37.8. The number of rotatable bonds is 37. The average Bonchev–Trinajstić information content (AvgIpc) is 0.726. The quantitative estimate of drug-likeness (QED) is 0.0364. The van der Waals surface area contributed by atoms with Gasteiger partial charge in [-0.3, -0.25) is 0 Å². The number of benzene rings is 16. The SMILES string of the molecule is Clc1cc(C(c2cc(Cl)c(O[Si](Cc3ccccc3)(Cc3ccccc3)Cc3ccccc3)c(Cl)c2)C(c2cc(Cl)c(O[Si](Cc3ccccc3)(Cc3ccccc3)Cc3ccccc3)c(Cl)c2)c2cc(Cl)c(O[Si](Cc3ccccc3)(Cc3ccccc3)Cc3ccccc3)c(Cl)c2)cc(Cl)c1O[Si](Cc1ccccc1)(Cc1ccccc1)Cc1ccccc1. The Morgan fingerprint density at radius 1 is 0.151 bits per heavy atom. The first kappa shape index (κ1) is 89.3. The van der Waals surface area contributed by atoms with E-state index in [0.29, 0.717) is 118 Å². The number of halogens is 8. The molecule has 0 aliphatic rings. The van der Waals surface area contributed by atoms with Crippen LogP contribution in [0, 0.1) is 0 Å². The standard InChI is InChI=1S/C110H94Cl8O4Si4/c111-97-61-93(62-98(112)107(97)119-123(69-81-37-13-1-14-38-81,70-82-39-15-2-16-40-82)71-83-41-17-3-18-42-83)105(94-63-99(113)108(100(114)64-94)120-124(72-84-43-19-4-20-44-84,73-85-45-21-5-22-46-85)74-86-47-23-6-24-48-86)106(95-65-101(115)109(102(116)66-95)121-125(75-87-49-25-7-26-50-87,76-88-51-27-8-28-52-88)77-89-53-29-9-30-54-89)96-67-103(117)110(104(118)68-96)122-126(78-90-55-31-10-32-56-90,79-91-57-33-11-34-58-91)80-92-59-35-12-36-60-92/h1-68,105-106H,69-80H2. The topological polar surface area (TPSA) is 36.9 Å². The minimum Gasteiger partial charge on any atom is -0.540 e. The third-order valence-corrected chi connectivity index (χ3v) is 41.0. The van der Waals surface area contributed by atoms with Crippen molar-refractivity contribution < 1.29 is 17.7 Å². The Morgan fingerprint density at radius 3 is 0.341 bits per heavy atom. The smallest absolute Gasteiger partial charge is 0.264 e. The molecule has 0 N–H and O–H groups in total. The summed E-state index contributed by atoms with van der Waals surface area (Å²) in [5.41, 5.74) is 16.3.